The molecule has 0 bridgehead atoms. The van der Waals surface area contributed by atoms with Crippen molar-refractivity contribution in [3.63, 3.8) is 0 Å². The quantitative estimate of drug-likeness (QED) is 0.600. The number of hydrogen-bond donors (Lipinski definition) is 3. The van der Waals surface area contributed by atoms with Crippen molar-refractivity contribution in [3.8, 4) is 0 Å². The van der Waals surface area contributed by atoms with Gasteiger partial charge in [-0.25, -0.2) is 0 Å². The van der Waals surface area contributed by atoms with E-state index in [1.165, 1.54) is 18.2 Å². The van der Waals surface area contributed by atoms with Gasteiger partial charge in [0.05, 0.1) is 5.57 Å². The van der Waals surface area contributed by atoms with E-state index in [1.807, 2.05) is 0 Å². The first-order valence-corrected chi connectivity index (χ1v) is 6.12. The van der Waals surface area contributed by atoms with Gasteiger partial charge in [0, 0.05) is 6.07 Å². The fourth-order valence-electron chi connectivity index (χ4n) is 1.31. The fraction of sp³-hybridized carbons (Fsp3) is 0. The van der Waals surface area contributed by atoms with Gasteiger partial charge in [-0.15, -0.1) is 8.80 Å². The second kappa shape index (κ2) is 4.38. The van der Waals surface area contributed by atoms with Crippen molar-refractivity contribution in [2.24, 2.45) is 20.3 Å². The summed E-state index contributed by atoms with van der Waals surface area (Å²) in [7, 11) is -4.06. The Hall–Kier alpha value is -2.37. The van der Waals surface area contributed by atoms with Crippen LogP contribution in [-0.4, -0.2) is 25.3 Å². The normalized spacial score (nSPS) is 17.7. The zero-order chi connectivity index (χ0) is 14.2. The van der Waals surface area contributed by atoms with E-state index in [0.29, 0.717) is 0 Å². The lowest BCUT2D eigenvalue weighted by atomic mass is 10.2. The third kappa shape index (κ3) is 2.73. The first-order valence-electron chi connectivity index (χ1n) is 4.73. The molecule has 1 aromatic rings. The van der Waals surface area contributed by atoms with Gasteiger partial charge in [0.25, 0.3) is 0 Å². The largest absolute Gasteiger partial charge is 0.731 e. The third-order valence-electron chi connectivity index (χ3n) is 2.07. The number of rotatable bonds is 2. The Morgan fingerprint density at radius 2 is 1.89 bits per heavy atom. The van der Waals surface area contributed by atoms with Gasteiger partial charge in [0.2, 0.25) is 5.88 Å². The number of amidine groups is 2. The molecule has 1 aliphatic rings. The van der Waals surface area contributed by atoms with Crippen LogP contribution in [0.15, 0.2) is 30.9 Å². The Kier molecular flexibility index (Phi) is 3.01. The Balaban J connectivity index is 2.41. The van der Waals surface area contributed by atoms with Crippen LogP contribution in [0.5, 0.6) is 0 Å². The Morgan fingerprint density at radius 1 is 1.32 bits per heavy atom. The molecule has 10 nitrogen and oxygen atoms in total. The van der Waals surface area contributed by atoms with E-state index < -0.39 is 15.4 Å². The number of nitrogens with zero attached hydrogens (tertiary/aromatic N) is 3. The molecular formula is C8H8N5O5S-. The first-order chi connectivity index (χ1) is 8.78. The molecule has 0 spiro atoms. The van der Waals surface area contributed by atoms with Crippen molar-refractivity contribution in [3.05, 3.63) is 28.7 Å². The zero-order valence-electron chi connectivity index (χ0n) is 9.22. The van der Waals surface area contributed by atoms with Gasteiger partial charge in [-0.1, -0.05) is 0 Å². The van der Waals surface area contributed by atoms with Crippen LogP contribution in [0.1, 0.15) is 5.76 Å². The van der Waals surface area contributed by atoms with Crippen molar-refractivity contribution in [2.75, 3.05) is 5.23 Å². The molecule has 0 saturated carbocycles. The fourth-order valence-corrected chi connectivity index (χ4v) is 2.05. The van der Waals surface area contributed by atoms with Crippen LogP contribution in [-0.2, 0) is 10.2 Å². The molecular weight excluding hydrogens is 278 g/mol. The first kappa shape index (κ1) is 13.1. The molecule has 19 heavy (non-hydrogen) atoms. The van der Waals surface area contributed by atoms with Crippen molar-refractivity contribution in [2.45, 2.75) is 0 Å². The van der Waals surface area contributed by atoms with Gasteiger partial charge in [0.1, 0.15) is 17.4 Å². The number of anilines is 1. The Morgan fingerprint density at radius 3 is 2.37 bits per heavy atom. The highest BCUT2D eigenvalue weighted by Crippen LogP contribution is 2.20. The molecule has 1 aromatic heterocycles. The minimum Gasteiger partial charge on any atom is -0.731 e. The van der Waals surface area contributed by atoms with E-state index in [2.05, 4.69) is 8.80 Å². The highest BCUT2D eigenvalue weighted by atomic mass is 32.2. The summed E-state index contributed by atoms with van der Waals surface area (Å²) in [4.78, 5) is 0. The van der Waals surface area contributed by atoms with Crippen LogP contribution in [0.3, 0.4) is 0 Å². The summed E-state index contributed by atoms with van der Waals surface area (Å²) in [6, 6.07) is 2.53. The molecule has 0 radical (unpaired) electrons. The molecule has 0 amide bonds. The van der Waals surface area contributed by atoms with Crippen LogP contribution >= 0.6 is 0 Å². The van der Waals surface area contributed by atoms with Gasteiger partial charge < -0.3 is 21.1 Å². The van der Waals surface area contributed by atoms with Crippen LogP contribution in [0.4, 0.5) is 5.88 Å². The SMILES string of the molecule is NC1=NS(=O)(=O)N=C(N)C1=Cc1ccc(N([O-])O)o1. The number of nitrogens with two attached hydrogens (primary N) is 2. The summed E-state index contributed by atoms with van der Waals surface area (Å²) in [5, 5.41) is 18.7. The van der Waals surface area contributed by atoms with E-state index in [0.717, 1.165) is 0 Å². The predicted molar refractivity (Wildman–Crippen MR) is 66.5 cm³/mol. The average molecular weight is 286 g/mol. The van der Waals surface area contributed by atoms with Gasteiger partial charge >= 0.3 is 10.2 Å². The molecule has 2 heterocycles. The van der Waals surface area contributed by atoms with E-state index in [4.69, 9.17) is 21.1 Å². The van der Waals surface area contributed by atoms with Crippen molar-refractivity contribution in [1.82, 2.24) is 0 Å². The van der Waals surface area contributed by atoms with Crippen LogP contribution < -0.4 is 16.7 Å². The molecule has 0 fully saturated rings. The number of hydrogen-bond acceptors (Lipinski definition) is 8. The zero-order valence-corrected chi connectivity index (χ0v) is 10.0. The van der Waals surface area contributed by atoms with Crippen LogP contribution in [0.25, 0.3) is 6.08 Å². The van der Waals surface area contributed by atoms with Gasteiger partial charge in [-0.2, -0.15) is 8.42 Å². The lowest BCUT2D eigenvalue weighted by Gasteiger charge is -2.16. The maximum Gasteiger partial charge on any atom is 0.366 e. The van der Waals surface area contributed by atoms with E-state index in [-0.39, 0.29) is 28.9 Å². The van der Waals surface area contributed by atoms with E-state index >= 15 is 0 Å². The van der Waals surface area contributed by atoms with Crippen LogP contribution in [0, 0.1) is 5.21 Å². The molecule has 11 heteroatoms. The maximum absolute atomic E-state index is 11.1. The smallest absolute Gasteiger partial charge is 0.366 e. The van der Waals surface area contributed by atoms with Gasteiger partial charge in [-0.05, 0) is 12.1 Å². The van der Waals surface area contributed by atoms with Crippen molar-refractivity contribution < 1.29 is 18.0 Å². The van der Waals surface area contributed by atoms with Gasteiger partial charge in [0.15, 0.2) is 0 Å². The molecule has 0 aromatic carbocycles. The summed E-state index contributed by atoms with van der Waals surface area (Å²) in [6.45, 7) is 0. The van der Waals surface area contributed by atoms with Crippen LogP contribution in [0.2, 0.25) is 0 Å². The second-order valence-electron chi connectivity index (χ2n) is 3.41. The molecule has 0 atom stereocenters. The lowest BCUT2D eigenvalue weighted by Crippen LogP contribution is -2.31. The van der Waals surface area contributed by atoms with Crippen molar-refractivity contribution in [1.29, 1.82) is 0 Å². The third-order valence-corrected chi connectivity index (χ3v) is 2.92. The minimum atomic E-state index is -4.06. The molecule has 102 valence electrons. The molecule has 2 rings (SSSR count). The highest BCUT2D eigenvalue weighted by molar-refractivity contribution is 7.89. The molecule has 0 unspecified atom stereocenters. The van der Waals surface area contributed by atoms with E-state index in [9.17, 15) is 13.6 Å². The molecule has 1 aliphatic heterocycles. The summed E-state index contributed by atoms with van der Waals surface area (Å²) < 4.78 is 33.4. The van der Waals surface area contributed by atoms with Gasteiger partial charge in [-0.3, -0.25) is 10.4 Å². The highest BCUT2D eigenvalue weighted by Gasteiger charge is 2.21. The molecule has 5 N–H and O–H groups in total. The summed E-state index contributed by atoms with van der Waals surface area (Å²) in [5.74, 6) is -0.960. The lowest BCUT2D eigenvalue weighted by molar-refractivity contribution is 0.273. The predicted octanol–water partition coefficient (Wildman–Crippen LogP) is -0.671. The Labute approximate surface area is 107 Å². The second-order valence-corrected chi connectivity index (χ2v) is 4.67. The maximum atomic E-state index is 11.1. The monoisotopic (exact) mass is 286 g/mol. The average Bonchev–Trinajstić information content (AvgIpc) is 2.70. The summed E-state index contributed by atoms with van der Waals surface area (Å²) in [5.41, 5.74) is 10.9. The van der Waals surface area contributed by atoms with Crippen molar-refractivity contribution >= 4 is 33.8 Å². The standard InChI is InChI=1S/C8H8N5O5S/c9-7-5(8(10)12-19(16,17)11-7)3-4-1-2-6(18-4)13(14)15/h1-3,14H,(H2,9,11)(H2,10,12)/q-1. The minimum absolute atomic E-state index is 0.0334. The Bertz CT molecular complexity index is 671. The summed E-state index contributed by atoms with van der Waals surface area (Å²) >= 11 is 0. The molecule has 0 saturated heterocycles. The molecule has 0 aliphatic carbocycles. The summed E-state index contributed by atoms with van der Waals surface area (Å²) in [6.07, 6.45) is 1.24. The van der Waals surface area contributed by atoms with E-state index in [1.54, 1.807) is 0 Å². The number of furan rings is 1. The topological polar surface area (TPSA) is 171 Å².